The van der Waals surface area contributed by atoms with Crippen molar-refractivity contribution in [1.29, 1.82) is 0 Å². The van der Waals surface area contributed by atoms with Gasteiger partial charge in [0.15, 0.2) is 15.7 Å². The van der Waals surface area contributed by atoms with Gasteiger partial charge < -0.3 is 20.3 Å². The van der Waals surface area contributed by atoms with Crippen LogP contribution in [0.1, 0.15) is 44.9 Å². The van der Waals surface area contributed by atoms with Crippen LogP contribution in [0, 0.1) is 5.92 Å². The molecule has 0 bridgehead atoms. The monoisotopic (exact) mass is 617 g/mol. The Morgan fingerprint density at radius 3 is 2.44 bits per heavy atom. The molecule has 0 spiro atoms. The molecule has 1 saturated carbocycles. The highest BCUT2D eigenvalue weighted by Crippen LogP contribution is 2.56. The zero-order valence-electron chi connectivity index (χ0n) is 24.1. The summed E-state index contributed by atoms with van der Waals surface area (Å²) >= 11 is 0. The number of amides is 2. The van der Waals surface area contributed by atoms with Crippen molar-refractivity contribution in [2.45, 2.75) is 55.5 Å². The molecular weight excluding hydrogens is 583 g/mol. The summed E-state index contributed by atoms with van der Waals surface area (Å²) in [4.78, 5) is 22.8. The molecule has 43 heavy (non-hydrogen) atoms. The molecule has 2 aromatic carbocycles. The van der Waals surface area contributed by atoms with E-state index in [0.717, 1.165) is 12.1 Å². The summed E-state index contributed by atoms with van der Waals surface area (Å²) in [5.74, 6) is 0.991. The Hall–Kier alpha value is -3.71. The average Bonchev–Trinajstić information content (AvgIpc) is 3.79. The Kier molecular flexibility index (Phi) is 8.41. The van der Waals surface area contributed by atoms with E-state index in [9.17, 15) is 26.4 Å². The molecule has 2 aliphatic rings. The maximum absolute atomic E-state index is 14.0. The first-order chi connectivity index (χ1) is 20.3. The number of ether oxygens (including phenoxy) is 1. The van der Waals surface area contributed by atoms with Crippen molar-refractivity contribution < 1.29 is 31.1 Å². The summed E-state index contributed by atoms with van der Waals surface area (Å²) in [5, 5.41) is 5.54. The van der Waals surface area contributed by atoms with Crippen LogP contribution in [-0.2, 0) is 25.5 Å². The van der Waals surface area contributed by atoms with Crippen molar-refractivity contribution in [3.63, 3.8) is 0 Å². The molecule has 2 fully saturated rings. The Bertz CT molecular complexity index is 1590. The van der Waals surface area contributed by atoms with Crippen LogP contribution in [0.3, 0.4) is 0 Å². The van der Waals surface area contributed by atoms with Gasteiger partial charge in [-0.3, -0.25) is 0 Å². The summed E-state index contributed by atoms with van der Waals surface area (Å²) in [6.07, 6.45) is -4.58. The number of hydrogen-bond donors (Lipinski definition) is 2. The lowest BCUT2D eigenvalue weighted by Crippen LogP contribution is -2.44. The van der Waals surface area contributed by atoms with Crippen LogP contribution in [0.15, 0.2) is 59.5 Å². The second-order valence-electron chi connectivity index (χ2n) is 11.4. The fraction of sp³-hybridized carbons (Fsp3) is 0.433. The second kappa shape index (κ2) is 11.8. The SMILES string of the molecule is CC(C)CNC(=O)Nc1ccc(-c2nc(N3CCOC[C@@H]3C)cc(C3(S(=O)(=O)c4ccccc4C(F)(F)F)CC3)n2)cc1. The van der Waals surface area contributed by atoms with Crippen molar-refractivity contribution in [3.8, 4) is 11.4 Å². The highest BCUT2D eigenvalue weighted by molar-refractivity contribution is 7.92. The Morgan fingerprint density at radius 2 is 1.81 bits per heavy atom. The van der Waals surface area contributed by atoms with Gasteiger partial charge in [-0.25, -0.2) is 23.2 Å². The maximum atomic E-state index is 14.0. The fourth-order valence-electron chi connectivity index (χ4n) is 5.11. The standard InChI is InChI=1S/C30H34F3N5O4S/c1-19(2)17-34-28(39)35-22-10-8-21(9-11-22)27-36-25(16-26(37-27)38-14-15-42-18-20(38)3)29(12-13-29)43(40,41)24-7-5-4-6-23(24)30(31,32)33/h4-11,16,19-20H,12-15,17-18H2,1-3H3,(H2,34,35,39)/t20-/m0/s1. The number of urea groups is 1. The summed E-state index contributed by atoms with van der Waals surface area (Å²) in [5.41, 5.74) is 0.0470. The van der Waals surface area contributed by atoms with Gasteiger partial charge in [-0.2, -0.15) is 13.2 Å². The molecule has 3 aromatic rings. The molecule has 1 aromatic heterocycles. The molecule has 230 valence electrons. The van der Waals surface area contributed by atoms with Crippen molar-refractivity contribution >= 4 is 27.4 Å². The molecule has 1 saturated heterocycles. The molecule has 2 N–H and O–H groups in total. The van der Waals surface area contributed by atoms with Crippen molar-refractivity contribution in [2.75, 3.05) is 36.5 Å². The molecule has 1 atom stereocenters. The number of nitrogens with one attached hydrogen (secondary N) is 2. The third-order valence-electron chi connectivity index (χ3n) is 7.61. The summed E-state index contributed by atoms with van der Waals surface area (Å²) in [7, 11) is -4.49. The summed E-state index contributed by atoms with van der Waals surface area (Å²) in [6.45, 7) is 7.83. The van der Waals surface area contributed by atoms with E-state index in [1.54, 1.807) is 30.3 Å². The van der Waals surface area contributed by atoms with Gasteiger partial charge in [0.05, 0.1) is 35.4 Å². The number of carbonyl (C=O) groups is 1. The fourth-order valence-corrected chi connectivity index (χ4v) is 7.28. The summed E-state index contributed by atoms with van der Waals surface area (Å²) < 4.78 is 73.5. The van der Waals surface area contributed by atoms with Crippen LogP contribution in [-0.4, -0.2) is 56.8 Å². The van der Waals surface area contributed by atoms with Gasteiger partial charge in [-0.1, -0.05) is 26.0 Å². The number of alkyl halides is 3. The van der Waals surface area contributed by atoms with E-state index in [0.29, 0.717) is 49.3 Å². The van der Waals surface area contributed by atoms with Gasteiger partial charge in [-0.05, 0) is 62.1 Å². The smallest absolute Gasteiger partial charge is 0.377 e. The molecular formula is C30H34F3N5O4S. The van der Waals surface area contributed by atoms with E-state index in [-0.39, 0.29) is 36.4 Å². The molecule has 2 heterocycles. The normalized spacial score (nSPS) is 18.4. The van der Waals surface area contributed by atoms with Crippen molar-refractivity contribution in [1.82, 2.24) is 15.3 Å². The molecule has 1 aliphatic heterocycles. The maximum Gasteiger partial charge on any atom is 0.417 e. The van der Waals surface area contributed by atoms with Gasteiger partial charge in [0, 0.05) is 30.4 Å². The first-order valence-electron chi connectivity index (χ1n) is 14.1. The van der Waals surface area contributed by atoms with E-state index < -0.39 is 31.2 Å². The van der Waals surface area contributed by atoms with Gasteiger partial charge in [-0.15, -0.1) is 0 Å². The number of rotatable bonds is 8. The molecule has 0 unspecified atom stereocenters. The quantitative estimate of drug-likeness (QED) is 0.337. The zero-order valence-corrected chi connectivity index (χ0v) is 24.9. The highest BCUT2D eigenvalue weighted by atomic mass is 32.2. The molecule has 5 rings (SSSR count). The minimum absolute atomic E-state index is 0.0713. The number of sulfone groups is 1. The number of hydrogen-bond acceptors (Lipinski definition) is 7. The van der Waals surface area contributed by atoms with E-state index in [1.807, 2.05) is 25.7 Å². The van der Waals surface area contributed by atoms with Gasteiger partial charge in [0.25, 0.3) is 0 Å². The zero-order chi connectivity index (χ0) is 31.0. The number of morpholine rings is 1. The summed E-state index contributed by atoms with van der Waals surface area (Å²) in [6, 6.07) is 12.2. The number of nitrogens with zero attached hydrogens (tertiary/aromatic N) is 3. The number of halogens is 3. The predicted molar refractivity (Wildman–Crippen MR) is 156 cm³/mol. The van der Waals surface area contributed by atoms with Crippen LogP contribution >= 0.6 is 0 Å². The Morgan fingerprint density at radius 1 is 1.12 bits per heavy atom. The lowest BCUT2D eigenvalue weighted by molar-refractivity contribution is -0.139. The Labute approximate surface area is 248 Å². The van der Waals surface area contributed by atoms with Gasteiger partial charge in [0.1, 0.15) is 10.6 Å². The third kappa shape index (κ3) is 6.32. The van der Waals surface area contributed by atoms with Crippen LogP contribution in [0.2, 0.25) is 0 Å². The molecule has 0 radical (unpaired) electrons. The highest BCUT2D eigenvalue weighted by Gasteiger charge is 2.59. The predicted octanol–water partition coefficient (Wildman–Crippen LogP) is 5.63. The van der Waals surface area contributed by atoms with Crippen molar-refractivity contribution in [2.24, 2.45) is 5.92 Å². The average molecular weight is 618 g/mol. The van der Waals surface area contributed by atoms with Crippen LogP contribution in [0.5, 0.6) is 0 Å². The second-order valence-corrected chi connectivity index (χ2v) is 13.6. The van der Waals surface area contributed by atoms with Crippen LogP contribution in [0.25, 0.3) is 11.4 Å². The van der Waals surface area contributed by atoms with E-state index in [4.69, 9.17) is 9.72 Å². The number of benzene rings is 2. The van der Waals surface area contributed by atoms with E-state index >= 15 is 0 Å². The van der Waals surface area contributed by atoms with E-state index in [1.165, 1.54) is 12.1 Å². The lowest BCUT2D eigenvalue weighted by atomic mass is 10.1. The number of anilines is 2. The largest absolute Gasteiger partial charge is 0.417 e. The van der Waals surface area contributed by atoms with Gasteiger partial charge >= 0.3 is 12.2 Å². The number of carbonyl (C=O) groups excluding carboxylic acids is 1. The van der Waals surface area contributed by atoms with Crippen LogP contribution < -0.4 is 15.5 Å². The minimum atomic E-state index is -4.84. The molecule has 2 amide bonds. The van der Waals surface area contributed by atoms with Crippen molar-refractivity contribution in [3.05, 3.63) is 65.9 Å². The topological polar surface area (TPSA) is 114 Å². The van der Waals surface area contributed by atoms with Crippen LogP contribution in [0.4, 0.5) is 29.5 Å². The third-order valence-corrected chi connectivity index (χ3v) is 10.2. The first kappa shape index (κ1) is 30.7. The lowest BCUT2D eigenvalue weighted by Gasteiger charge is -2.35. The Balaban J connectivity index is 1.55. The molecule has 13 heteroatoms. The first-order valence-corrected chi connectivity index (χ1v) is 15.6. The molecule has 9 nitrogen and oxygen atoms in total. The van der Waals surface area contributed by atoms with Gasteiger partial charge in [0.2, 0.25) is 0 Å². The molecule has 1 aliphatic carbocycles. The van der Waals surface area contributed by atoms with E-state index in [2.05, 4.69) is 15.6 Å². The number of aromatic nitrogens is 2. The minimum Gasteiger partial charge on any atom is -0.377 e.